The molecule has 1 saturated heterocycles. The molecule has 3 rings (SSSR count). The van der Waals surface area contributed by atoms with Crippen LogP contribution in [-0.2, 0) is 4.74 Å². The molecule has 2 heterocycles. The first kappa shape index (κ1) is 14.5. The van der Waals surface area contributed by atoms with Crippen LogP contribution in [0.5, 0.6) is 0 Å². The second kappa shape index (κ2) is 6.15. The second-order valence-corrected chi connectivity index (χ2v) is 5.71. The predicted octanol–water partition coefficient (Wildman–Crippen LogP) is 2.64. The third-order valence-electron chi connectivity index (χ3n) is 3.22. The van der Waals surface area contributed by atoms with E-state index in [0.29, 0.717) is 6.54 Å². The number of rotatable bonds is 4. The van der Waals surface area contributed by atoms with Crippen molar-refractivity contribution in [2.24, 2.45) is 0 Å². The molecule has 0 radical (unpaired) electrons. The highest BCUT2D eigenvalue weighted by molar-refractivity contribution is 7.14. The van der Waals surface area contributed by atoms with E-state index >= 15 is 0 Å². The van der Waals surface area contributed by atoms with E-state index in [-0.39, 0.29) is 12.1 Å². The standard InChI is InChI=1S/C15H13FN2O3S/c16-11-4-1-3-10(7-11)14(19)17-8-12-9-18(15(20)21-12)13-5-2-6-22-13/h1-7,12H,8-9H2,(H,17,19). The molecule has 2 aromatic rings. The molecule has 0 aliphatic carbocycles. The van der Waals surface area contributed by atoms with Crippen LogP contribution in [0, 0.1) is 5.82 Å². The Kier molecular flexibility index (Phi) is 4.06. The summed E-state index contributed by atoms with van der Waals surface area (Å²) < 4.78 is 18.3. The van der Waals surface area contributed by atoms with Gasteiger partial charge >= 0.3 is 6.09 Å². The van der Waals surface area contributed by atoms with Crippen molar-refractivity contribution in [2.75, 3.05) is 18.0 Å². The van der Waals surface area contributed by atoms with E-state index in [1.165, 1.54) is 34.4 Å². The number of nitrogens with one attached hydrogen (secondary N) is 1. The van der Waals surface area contributed by atoms with Crippen LogP contribution in [0.3, 0.4) is 0 Å². The van der Waals surface area contributed by atoms with Gasteiger partial charge in [-0.15, -0.1) is 11.3 Å². The number of ether oxygens (including phenoxy) is 1. The van der Waals surface area contributed by atoms with Gasteiger partial charge in [0.25, 0.3) is 5.91 Å². The van der Waals surface area contributed by atoms with Gasteiger partial charge in [0.1, 0.15) is 16.9 Å². The van der Waals surface area contributed by atoms with Crippen molar-refractivity contribution in [1.29, 1.82) is 0 Å². The molecule has 1 aliphatic heterocycles. The molecule has 1 unspecified atom stereocenters. The van der Waals surface area contributed by atoms with Crippen molar-refractivity contribution in [3.63, 3.8) is 0 Å². The number of hydrogen-bond acceptors (Lipinski definition) is 4. The fraction of sp³-hybridized carbons (Fsp3) is 0.200. The zero-order valence-corrected chi connectivity index (χ0v) is 12.3. The molecule has 1 fully saturated rings. The van der Waals surface area contributed by atoms with Crippen molar-refractivity contribution in [1.82, 2.24) is 5.32 Å². The summed E-state index contributed by atoms with van der Waals surface area (Å²) in [6, 6.07) is 9.11. The number of carbonyl (C=O) groups excluding carboxylic acids is 2. The van der Waals surface area contributed by atoms with Crippen molar-refractivity contribution in [3.05, 3.63) is 53.2 Å². The number of anilines is 1. The monoisotopic (exact) mass is 320 g/mol. The highest BCUT2D eigenvalue weighted by Gasteiger charge is 2.33. The number of carbonyl (C=O) groups is 2. The SMILES string of the molecule is O=C(NCC1CN(c2cccs2)C(=O)O1)c1cccc(F)c1. The van der Waals surface area contributed by atoms with Crippen molar-refractivity contribution in [2.45, 2.75) is 6.10 Å². The lowest BCUT2D eigenvalue weighted by Gasteiger charge is -2.11. The Balaban J connectivity index is 1.56. The zero-order chi connectivity index (χ0) is 15.5. The van der Waals surface area contributed by atoms with E-state index in [4.69, 9.17) is 4.74 Å². The summed E-state index contributed by atoms with van der Waals surface area (Å²) in [4.78, 5) is 25.2. The third kappa shape index (κ3) is 3.09. The van der Waals surface area contributed by atoms with E-state index in [1.54, 1.807) is 0 Å². The first-order valence-corrected chi connectivity index (χ1v) is 7.57. The van der Waals surface area contributed by atoms with Gasteiger partial charge in [-0.05, 0) is 35.7 Å². The molecule has 1 N–H and O–H groups in total. The molecule has 1 atom stereocenters. The molecular formula is C15H13FN2O3S. The fourth-order valence-electron chi connectivity index (χ4n) is 2.17. The van der Waals surface area contributed by atoms with Gasteiger partial charge in [0, 0.05) is 5.56 Å². The number of halogens is 1. The number of amides is 2. The molecule has 0 saturated carbocycles. The fourth-order valence-corrected chi connectivity index (χ4v) is 2.90. The summed E-state index contributed by atoms with van der Waals surface area (Å²) in [5, 5.41) is 5.33. The van der Waals surface area contributed by atoms with E-state index < -0.39 is 23.9 Å². The highest BCUT2D eigenvalue weighted by Crippen LogP contribution is 2.26. The van der Waals surface area contributed by atoms with Crippen LogP contribution in [0.4, 0.5) is 14.2 Å². The first-order chi connectivity index (χ1) is 10.6. The van der Waals surface area contributed by atoms with Gasteiger partial charge < -0.3 is 10.1 Å². The maximum absolute atomic E-state index is 13.1. The second-order valence-electron chi connectivity index (χ2n) is 4.79. The molecular weight excluding hydrogens is 307 g/mol. The minimum Gasteiger partial charge on any atom is -0.442 e. The van der Waals surface area contributed by atoms with E-state index in [9.17, 15) is 14.0 Å². The van der Waals surface area contributed by atoms with Gasteiger partial charge in [-0.25, -0.2) is 9.18 Å². The largest absolute Gasteiger partial charge is 0.442 e. The molecule has 7 heteroatoms. The van der Waals surface area contributed by atoms with Crippen LogP contribution in [0.1, 0.15) is 10.4 Å². The minimum absolute atomic E-state index is 0.183. The van der Waals surface area contributed by atoms with Gasteiger partial charge in [0.15, 0.2) is 0 Å². The van der Waals surface area contributed by atoms with Crippen LogP contribution < -0.4 is 10.2 Å². The lowest BCUT2D eigenvalue weighted by molar-refractivity contribution is 0.0915. The Morgan fingerprint density at radius 1 is 1.41 bits per heavy atom. The highest BCUT2D eigenvalue weighted by atomic mass is 32.1. The lowest BCUT2D eigenvalue weighted by atomic mass is 10.2. The average Bonchev–Trinajstić information content (AvgIpc) is 3.14. The lowest BCUT2D eigenvalue weighted by Crippen LogP contribution is -2.34. The Labute approximate surface area is 130 Å². The number of cyclic esters (lactones) is 1. The molecule has 0 spiro atoms. The number of benzene rings is 1. The van der Waals surface area contributed by atoms with Crippen LogP contribution >= 0.6 is 11.3 Å². The number of thiophene rings is 1. The van der Waals surface area contributed by atoms with Gasteiger partial charge in [0.05, 0.1) is 13.1 Å². The molecule has 0 bridgehead atoms. The summed E-state index contributed by atoms with van der Waals surface area (Å²) in [5.41, 5.74) is 0.236. The summed E-state index contributed by atoms with van der Waals surface area (Å²) in [6.45, 7) is 0.561. The maximum atomic E-state index is 13.1. The Hall–Kier alpha value is -2.41. The molecule has 114 valence electrons. The molecule has 1 aromatic carbocycles. The van der Waals surface area contributed by atoms with Crippen LogP contribution in [0.2, 0.25) is 0 Å². The van der Waals surface area contributed by atoms with Crippen LogP contribution in [0.25, 0.3) is 0 Å². The van der Waals surface area contributed by atoms with Gasteiger partial charge in [-0.2, -0.15) is 0 Å². The summed E-state index contributed by atoms with van der Waals surface area (Å²) in [6.07, 6.45) is -0.848. The number of hydrogen-bond donors (Lipinski definition) is 1. The Morgan fingerprint density at radius 2 is 2.27 bits per heavy atom. The summed E-state index contributed by atoms with van der Waals surface area (Å²) >= 11 is 1.44. The van der Waals surface area contributed by atoms with E-state index in [1.807, 2.05) is 17.5 Å². The van der Waals surface area contributed by atoms with E-state index in [0.717, 1.165) is 11.1 Å². The smallest absolute Gasteiger partial charge is 0.415 e. The maximum Gasteiger partial charge on any atom is 0.415 e. The molecule has 2 amide bonds. The minimum atomic E-state index is -0.469. The average molecular weight is 320 g/mol. The van der Waals surface area contributed by atoms with Crippen molar-refractivity contribution < 1.29 is 18.7 Å². The molecule has 5 nitrogen and oxygen atoms in total. The topological polar surface area (TPSA) is 58.6 Å². The van der Waals surface area contributed by atoms with Crippen molar-refractivity contribution in [3.8, 4) is 0 Å². The Morgan fingerprint density at radius 3 is 3.00 bits per heavy atom. The van der Waals surface area contributed by atoms with Gasteiger partial charge in [0.2, 0.25) is 0 Å². The predicted molar refractivity (Wildman–Crippen MR) is 80.7 cm³/mol. The number of nitrogens with zero attached hydrogens (tertiary/aromatic N) is 1. The van der Waals surface area contributed by atoms with Crippen LogP contribution in [0.15, 0.2) is 41.8 Å². The van der Waals surface area contributed by atoms with Crippen molar-refractivity contribution >= 4 is 28.3 Å². The normalized spacial score (nSPS) is 17.4. The quantitative estimate of drug-likeness (QED) is 0.942. The summed E-state index contributed by atoms with van der Waals surface area (Å²) in [5.74, 6) is -0.867. The molecule has 1 aromatic heterocycles. The zero-order valence-electron chi connectivity index (χ0n) is 11.5. The van der Waals surface area contributed by atoms with Gasteiger partial charge in [-0.3, -0.25) is 9.69 Å². The third-order valence-corrected chi connectivity index (χ3v) is 4.11. The first-order valence-electron chi connectivity index (χ1n) is 6.69. The van der Waals surface area contributed by atoms with Crippen LogP contribution in [-0.4, -0.2) is 31.2 Å². The van der Waals surface area contributed by atoms with Gasteiger partial charge in [-0.1, -0.05) is 6.07 Å². The molecule has 22 heavy (non-hydrogen) atoms. The Bertz CT molecular complexity index is 690. The summed E-state index contributed by atoms with van der Waals surface area (Å²) in [7, 11) is 0. The van der Waals surface area contributed by atoms with E-state index in [2.05, 4.69) is 5.32 Å². The molecule has 1 aliphatic rings.